The number of halogens is 1. The number of hydrogen-bond acceptors (Lipinski definition) is 8. The Morgan fingerprint density at radius 1 is 1.08 bits per heavy atom. The lowest BCUT2D eigenvalue weighted by atomic mass is 9.82. The first kappa shape index (κ1) is 34.4. The molecule has 50 heavy (non-hydrogen) atoms. The van der Waals surface area contributed by atoms with Crippen LogP contribution in [0.4, 0.5) is 16.2 Å². The smallest absolute Gasteiger partial charge is 0.414 e. The number of hydrogen-bond donors (Lipinski definition) is 1. The Morgan fingerprint density at radius 2 is 1.84 bits per heavy atom. The normalized spacial score (nSPS) is 23.2. The van der Waals surface area contributed by atoms with Gasteiger partial charge in [-0.2, -0.15) is 0 Å². The minimum Gasteiger partial charge on any atom is -0.497 e. The van der Waals surface area contributed by atoms with E-state index in [-0.39, 0.29) is 36.2 Å². The molecule has 2 fully saturated rings. The minimum atomic E-state index is -2.32. The third kappa shape index (κ3) is 5.93. The number of carbonyl (C=O) groups is 2. The van der Waals surface area contributed by atoms with E-state index in [1.54, 1.807) is 12.0 Å². The summed E-state index contributed by atoms with van der Waals surface area (Å²) in [4.78, 5) is 30.7. The van der Waals surface area contributed by atoms with Crippen LogP contribution < -0.4 is 19.7 Å². The number of rotatable bonds is 11. The molecule has 3 aromatic carbocycles. The first-order valence-electron chi connectivity index (χ1n) is 17.0. The first-order valence-corrected chi connectivity index (χ1v) is 20.9. The Balaban J connectivity index is 1.25. The molecule has 0 aliphatic carbocycles. The minimum absolute atomic E-state index is 0.0129. The molecule has 4 atom stereocenters. The Labute approximate surface area is 301 Å². The predicted octanol–water partition coefficient (Wildman–Crippen LogP) is 5.39. The number of nitrogens with zero attached hydrogens (tertiary/aromatic N) is 5. The van der Waals surface area contributed by atoms with Gasteiger partial charge in [0.05, 0.1) is 45.8 Å². The maximum Gasteiger partial charge on any atom is 0.414 e. The van der Waals surface area contributed by atoms with Crippen molar-refractivity contribution in [3.63, 3.8) is 0 Å². The van der Waals surface area contributed by atoms with Gasteiger partial charge in [0.1, 0.15) is 12.4 Å². The Hall–Kier alpha value is -4.04. The van der Waals surface area contributed by atoms with Gasteiger partial charge >= 0.3 is 6.09 Å². The van der Waals surface area contributed by atoms with Gasteiger partial charge in [-0.05, 0) is 60.0 Å². The zero-order valence-corrected chi connectivity index (χ0v) is 31.3. The van der Waals surface area contributed by atoms with Crippen molar-refractivity contribution in [3.8, 4) is 5.75 Å². The van der Waals surface area contributed by atoms with Gasteiger partial charge in [0.25, 0.3) is 5.91 Å². The fraction of sp³-hybridized carbons (Fsp3) is 0.405. The molecule has 13 heteroatoms. The molecular formula is C37H42BrN5O6Si. The molecule has 2 amide bonds. The highest BCUT2D eigenvalue weighted by Crippen LogP contribution is 2.60. The second-order valence-electron chi connectivity index (χ2n) is 13.9. The second-order valence-corrected chi connectivity index (χ2v) is 19.5. The third-order valence-electron chi connectivity index (χ3n) is 10.7. The van der Waals surface area contributed by atoms with Crippen LogP contribution in [0.5, 0.6) is 5.75 Å². The first-order chi connectivity index (χ1) is 24.1. The molecule has 0 unspecified atom stereocenters. The topological polar surface area (TPSA) is 119 Å². The van der Waals surface area contributed by atoms with E-state index in [0.717, 1.165) is 38.4 Å². The van der Waals surface area contributed by atoms with Crippen LogP contribution in [0.3, 0.4) is 0 Å². The Morgan fingerprint density at radius 3 is 2.52 bits per heavy atom. The average Bonchev–Trinajstić information content (AvgIpc) is 3.87. The molecule has 1 N–H and O–H groups in total. The number of aliphatic hydroxyl groups is 1. The fourth-order valence-electron chi connectivity index (χ4n) is 8.24. The number of ether oxygens (including phenoxy) is 3. The lowest BCUT2D eigenvalue weighted by molar-refractivity contribution is -0.146. The van der Waals surface area contributed by atoms with Crippen LogP contribution in [0.15, 0.2) is 77.4 Å². The quantitative estimate of drug-likeness (QED) is 0.202. The zero-order valence-electron chi connectivity index (χ0n) is 28.7. The molecule has 4 aromatic rings. The van der Waals surface area contributed by atoms with Crippen molar-refractivity contribution < 1.29 is 28.9 Å². The summed E-state index contributed by atoms with van der Waals surface area (Å²) in [6.45, 7) is 8.76. The van der Waals surface area contributed by atoms with Crippen molar-refractivity contribution in [1.29, 1.82) is 0 Å². The number of carbonyl (C=O) groups excluding carboxylic acids is 2. The lowest BCUT2D eigenvalue weighted by Crippen LogP contribution is -2.51. The number of fused-ring (bicyclic) bond motifs is 2. The van der Waals surface area contributed by atoms with Crippen LogP contribution in [0.25, 0.3) is 0 Å². The summed E-state index contributed by atoms with van der Waals surface area (Å²) < 4.78 is 20.5. The van der Waals surface area contributed by atoms with Gasteiger partial charge in [0.2, 0.25) is 0 Å². The van der Waals surface area contributed by atoms with Gasteiger partial charge in [-0.25, -0.2) is 4.79 Å². The van der Waals surface area contributed by atoms with E-state index in [4.69, 9.17) is 14.2 Å². The molecule has 3 aliphatic rings. The number of aliphatic hydroxyl groups excluding tert-OH is 1. The van der Waals surface area contributed by atoms with Crippen molar-refractivity contribution in [3.05, 3.63) is 94.2 Å². The highest BCUT2D eigenvalue weighted by molar-refractivity contribution is 9.10. The predicted molar refractivity (Wildman–Crippen MR) is 195 cm³/mol. The SMILES string of the molecule is COc1ccc([Si](C)(C)[C@H]2[C@H](CCn3cc(CCO)nn3)O[C@@]3(C(=O)N(Cc4ccc(N5CCOC5=O)cc4)c4ccc(Br)cc43)[C@@H]2C)cc1. The van der Waals surface area contributed by atoms with Crippen molar-refractivity contribution in [2.75, 3.05) is 36.7 Å². The number of aryl methyl sites for hydroxylation is 1. The van der Waals surface area contributed by atoms with Gasteiger partial charge in [0, 0.05) is 47.4 Å². The number of aromatic nitrogens is 3. The zero-order chi connectivity index (χ0) is 35.2. The van der Waals surface area contributed by atoms with E-state index >= 15 is 4.79 Å². The van der Waals surface area contributed by atoms with E-state index in [1.807, 2.05) is 70.4 Å². The maximum atomic E-state index is 15.1. The van der Waals surface area contributed by atoms with Crippen molar-refractivity contribution in [2.24, 2.45) is 5.92 Å². The summed E-state index contributed by atoms with van der Waals surface area (Å²) in [5, 5.41) is 19.2. The highest BCUT2D eigenvalue weighted by Gasteiger charge is 2.66. The molecule has 262 valence electrons. The van der Waals surface area contributed by atoms with Crippen molar-refractivity contribution in [2.45, 2.75) is 63.2 Å². The summed E-state index contributed by atoms with van der Waals surface area (Å²) >= 11 is 3.70. The molecule has 7 rings (SSSR count). The van der Waals surface area contributed by atoms with E-state index < -0.39 is 13.7 Å². The standard InChI is InChI=1S/C37H42BrN5O6Si/c1-24-34(50(3,4)30-12-10-29(47-2)11-13-30)33(15-17-41-23-27(16-19-44)39-40-41)49-37(24)31-21-26(38)7-14-32(31)43(35(37)45)22-25-5-8-28(9-6-25)42-18-20-48-36(42)46/h5-14,21,23-24,33-34,44H,15-20,22H2,1-4H3/t24-,33+,34-,37+/m1/s1. The summed E-state index contributed by atoms with van der Waals surface area (Å²) in [6.07, 6.45) is 2.37. The molecule has 0 bridgehead atoms. The monoisotopic (exact) mass is 759 g/mol. The highest BCUT2D eigenvalue weighted by atomic mass is 79.9. The molecule has 1 aromatic heterocycles. The summed E-state index contributed by atoms with van der Waals surface area (Å²) in [7, 11) is -0.645. The molecule has 0 radical (unpaired) electrons. The van der Waals surface area contributed by atoms with Gasteiger partial charge in [-0.15, -0.1) is 5.10 Å². The van der Waals surface area contributed by atoms with Crippen molar-refractivity contribution >= 4 is 52.6 Å². The van der Waals surface area contributed by atoms with Gasteiger partial charge in [0.15, 0.2) is 5.60 Å². The van der Waals surface area contributed by atoms with E-state index in [1.165, 1.54) is 5.19 Å². The lowest BCUT2D eigenvalue weighted by Gasteiger charge is -2.37. The maximum absolute atomic E-state index is 15.1. The van der Waals surface area contributed by atoms with E-state index in [0.29, 0.717) is 39.1 Å². The molecule has 1 spiro atoms. The number of benzene rings is 3. The van der Waals surface area contributed by atoms with E-state index in [2.05, 4.69) is 58.4 Å². The Bertz CT molecular complexity index is 1890. The molecule has 2 saturated heterocycles. The van der Waals surface area contributed by atoms with Crippen LogP contribution >= 0.6 is 15.9 Å². The van der Waals surface area contributed by atoms with E-state index in [9.17, 15) is 9.90 Å². The summed E-state index contributed by atoms with van der Waals surface area (Å²) in [5.41, 5.74) is 3.05. The Kier molecular flexibility index (Phi) is 9.35. The largest absolute Gasteiger partial charge is 0.497 e. The van der Waals surface area contributed by atoms with Crippen LogP contribution in [-0.4, -0.2) is 73.1 Å². The van der Waals surface area contributed by atoms with Crippen LogP contribution in [0.2, 0.25) is 18.6 Å². The second kappa shape index (κ2) is 13.6. The number of methoxy groups -OCH3 is 1. The van der Waals surface area contributed by atoms with Crippen LogP contribution in [0.1, 0.15) is 30.2 Å². The van der Waals surface area contributed by atoms with Gasteiger partial charge in [-0.1, -0.05) is 70.6 Å². The van der Waals surface area contributed by atoms with Gasteiger partial charge < -0.3 is 24.2 Å². The van der Waals surface area contributed by atoms with Crippen LogP contribution in [0, 0.1) is 5.92 Å². The summed E-state index contributed by atoms with van der Waals surface area (Å²) in [6, 6.07) is 22.1. The number of cyclic esters (lactones) is 1. The average molecular weight is 761 g/mol. The third-order valence-corrected chi connectivity index (χ3v) is 15.6. The molecule has 3 aliphatic heterocycles. The van der Waals surface area contributed by atoms with Gasteiger partial charge in [-0.3, -0.25) is 14.4 Å². The summed E-state index contributed by atoms with van der Waals surface area (Å²) in [5.74, 6) is 0.593. The number of anilines is 2. The van der Waals surface area contributed by atoms with Crippen molar-refractivity contribution in [1.82, 2.24) is 15.0 Å². The molecule has 11 nitrogen and oxygen atoms in total. The molecule has 4 heterocycles. The fourth-order valence-corrected chi connectivity index (χ4v) is 12.7. The van der Waals surface area contributed by atoms with Crippen LogP contribution in [-0.2, 0) is 39.4 Å². The number of amides is 2. The molecular weight excluding hydrogens is 718 g/mol. The molecule has 0 saturated carbocycles.